The highest BCUT2D eigenvalue weighted by Crippen LogP contribution is 2.30. The molecule has 0 spiro atoms. The molecule has 2 N–H and O–H groups in total. The molecule has 154 valence electrons. The minimum atomic E-state index is -0.989. The first-order valence-electron chi connectivity index (χ1n) is 9.04. The van der Waals surface area contributed by atoms with Crippen molar-refractivity contribution < 1.29 is 19.4 Å². The average molecular weight is 444 g/mol. The highest BCUT2D eigenvalue weighted by atomic mass is 35.5. The fourth-order valence-corrected chi connectivity index (χ4v) is 3.59. The fraction of sp³-hybridized carbons (Fsp3) is 0.130. The Hall–Kier alpha value is -3.02. The van der Waals surface area contributed by atoms with Gasteiger partial charge >= 0.3 is 5.97 Å². The molecule has 0 heterocycles. The van der Waals surface area contributed by atoms with Crippen molar-refractivity contribution in [2.45, 2.75) is 13.5 Å². The second-order valence-electron chi connectivity index (χ2n) is 6.67. The quantitative estimate of drug-likeness (QED) is 0.519. The number of carbonyl (C=O) groups is 2. The lowest BCUT2D eigenvalue weighted by molar-refractivity contribution is 0.0696. The van der Waals surface area contributed by atoms with E-state index in [1.54, 1.807) is 43.5 Å². The summed E-state index contributed by atoms with van der Waals surface area (Å²) in [5.41, 5.74) is 3.83. The monoisotopic (exact) mass is 443 g/mol. The maximum absolute atomic E-state index is 12.5. The molecule has 30 heavy (non-hydrogen) atoms. The number of aryl methyl sites for hydroxylation is 1. The third kappa shape index (κ3) is 4.75. The Kier molecular flexibility index (Phi) is 6.65. The Morgan fingerprint density at radius 2 is 1.80 bits per heavy atom. The number of benzene rings is 3. The molecule has 3 aromatic rings. The van der Waals surface area contributed by atoms with E-state index in [9.17, 15) is 14.7 Å². The van der Waals surface area contributed by atoms with Crippen molar-refractivity contribution in [1.82, 2.24) is 5.32 Å². The van der Waals surface area contributed by atoms with Crippen LogP contribution >= 0.6 is 23.2 Å². The summed E-state index contributed by atoms with van der Waals surface area (Å²) in [6, 6.07) is 15.2. The van der Waals surface area contributed by atoms with Crippen LogP contribution in [-0.4, -0.2) is 24.1 Å². The Morgan fingerprint density at radius 1 is 1.03 bits per heavy atom. The van der Waals surface area contributed by atoms with E-state index < -0.39 is 5.97 Å². The van der Waals surface area contributed by atoms with Crippen LogP contribution in [0.4, 0.5) is 0 Å². The van der Waals surface area contributed by atoms with Crippen LogP contribution in [0.1, 0.15) is 31.8 Å². The lowest BCUT2D eigenvalue weighted by Crippen LogP contribution is -2.23. The first kappa shape index (κ1) is 21.7. The second-order valence-corrected chi connectivity index (χ2v) is 7.51. The van der Waals surface area contributed by atoms with Gasteiger partial charge in [0.2, 0.25) is 0 Å². The van der Waals surface area contributed by atoms with Crippen molar-refractivity contribution in [1.29, 1.82) is 0 Å². The van der Waals surface area contributed by atoms with E-state index >= 15 is 0 Å². The van der Waals surface area contributed by atoms with Gasteiger partial charge in [0.15, 0.2) is 0 Å². The molecule has 0 fully saturated rings. The number of nitrogens with one attached hydrogen (secondary N) is 1. The number of carboxylic acids is 1. The van der Waals surface area contributed by atoms with Crippen molar-refractivity contribution in [3.05, 3.63) is 86.9 Å². The van der Waals surface area contributed by atoms with Gasteiger partial charge in [0.25, 0.3) is 5.91 Å². The summed E-state index contributed by atoms with van der Waals surface area (Å²) >= 11 is 12.0. The molecule has 5 nitrogen and oxygen atoms in total. The van der Waals surface area contributed by atoms with E-state index in [1.807, 2.05) is 19.1 Å². The summed E-state index contributed by atoms with van der Waals surface area (Å²) in [5, 5.41) is 12.8. The van der Waals surface area contributed by atoms with E-state index in [0.29, 0.717) is 16.3 Å². The number of aromatic carboxylic acids is 1. The highest BCUT2D eigenvalue weighted by Gasteiger charge is 2.14. The molecule has 0 saturated heterocycles. The van der Waals surface area contributed by atoms with Gasteiger partial charge in [0.05, 0.1) is 23.3 Å². The number of hydrogen-bond acceptors (Lipinski definition) is 3. The molecule has 0 aliphatic carbocycles. The lowest BCUT2D eigenvalue weighted by Gasteiger charge is -2.14. The molecule has 0 bridgehead atoms. The SMILES string of the molecule is COc1ccc(-c2cc(C(=O)O)ccc2C)cc1CNC(=O)c1ccc(Cl)cc1Cl. The Bertz CT molecular complexity index is 1130. The second kappa shape index (κ2) is 9.20. The largest absolute Gasteiger partial charge is 0.496 e. The molecule has 0 aromatic heterocycles. The number of carbonyl (C=O) groups excluding carboxylic acids is 1. The van der Waals surface area contributed by atoms with Crippen molar-refractivity contribution in [3.8, 4) is 16.9 Å². The molecule has 3 rings (SSSR count). The summed E-state index contributed by atoms with van der Waals surface area (Å²) in [5.74, 6) is -0.724. The molecule has 0 atom stereocenters. The molecule has 1 amide bonds. The van der Waals surface area contributed by atoms with Gasteiger partial charge in [0, 0.05) is 17.1 Å². The van der Waals surface area contributed by atoms with Gasteiger partial charge in [-0.25, -0.2) is 4.79 Å². The summed E-state index contributed by atoms with van der Waals surface area (Å²) < 4.78 is 5.42. The van der Waals surface area contributed by atoms with Crippen molar-refractivity contribution in [2.75, 3.05) is 7.11 Å². The molecule has 0 radical (unpaired) electrons. The molecule has 0 saturated carbocycles. The zero-order chi connectivity index (χ0) is 21.8. The molecular weight excluding hydrogens is 425 g/mol. The maximum atomic E-state index is 12.5. The lowest BCUT2D eigenvalue weighted by atomic mass is 9.96. The number of hydrogen-bond donors (Lipinski definition) is 2. The van der Waals surface area contributed by atoms with Gasteiger partial charge in [-0.1, -0.05) is 35.3 Å². The van der Waals surface area contributed by atoms with Crippen LogP contribution in [0.3, 0.4) is 0 Å². The van der Waals surface area contributed by atoms with Gasteiger partial charge in [-0.3, -0.25) is 4.79 Å². The Morgan fingerprint density at radius 3 is 2.47 bits per heavy atom. The molecular formula is C23H19Cl2NO4. The minimum absolute atomic E-state index is 0.201. The smallest absolute Gasteiger partial charge is 0.335 e. The van der Waals surface area contributed by atoms with Gasteiger partial charge in [0.1, 0.15) is 5.75 Å². The van der Waals surface area contributed by atoms with Crippen molar-refractivity contribution in [3.63, 3.8) is 0 Å². The van der Waals surface area contributed by atoms with E-state index in [1.165, 1.54) is 6.07 Å². The summed E-state index contributed by atoms with van der Waals surface area (Å²) in [6.07, 6.45) is 0. The first-order valence-corrected chi connectivity index (χ1v) is 9.80. The average Bonchev–Trinajstić information content (AvgIpc) is 2.72. The van der Waals surface area contributed by atoms with E-state index in [2.05, 4.69) is 5.32 Å². The van der Waals surface area contributed by atoms with Crippen LogP contribution in [0.15, 0.2) is 54.6 Å². The van der Waals surface area contributed by atoms with E-state index in [4.69, 9.17) is 27.9 Å². The van der Waals surface area contributed by atoms with Crippen LogP contribution in [0.25, 0.3) is 11.1 Å². The predicted octanol–water partition coefficient (Wildman–Crippen LogP) is 5.61. The van der Waals surface area contributed by atoms with Crippen LogP contribution in [-0.2, 0) is 6.54 Å². The maximum Gasteiger partial charge on any atom is 0.335 e. The predicted molar refractivity (Wildman–Crippen MR) is 118 cm³/mol. The van der Waals surface area contributed by atoms with Gasteiger partial charge in [-0.2, -0.15) is 0 Å². The van der Waals surface area contributed by atoms with Crippen LogP contribution in [0, 0.1) is 6.92 Å². The highest BCUT2D eigenvalue weighted by molar-refractivity contribution is 6.36. The zero-order valence-electron chi connectivity index (χ0n) is 16.3. The summed E-state index contributed by atoms with van der Waals surface area (Å²) in [7, 11) is 1.55. The third-order valence-corrected chi connectivity index (χ3v) is 5.24. The van der Waals surface area contributed by atoms with E-state index in [-0.39, 0.29) is 23.0 Å². The van der Waals surface area contributed by atoms with Crippen LogP contribution in [0.5, 0.6) is 5.75 Å². The first-order chi connectivity index (χ1) is 14.3. The Labute approximate surface area is 184 Å². The number of halogens is 2. The number of amides is 1. The number of methoxy groups -OCH3 is 1. The van der Waals surface area contributed by atoms with Gasteiger partial charge in [-0.05, 0) is 66.1 Å². The topological polar surface area (TPSA) is 75.6 Å². The number of ether oxygens (including phenoxy) is 1. The number of carboxylic acid groups (broad SMARTS) is 1. The van der Waals surface area contributed by atoms with Crippen molar-refractivity contribution in [2.24, 2.45) is 0 Å². The Balaban J connectivity index is 1.89. The molecule has 0 unspecified atom stereocenters. The summed E-state index contributed by atoms with van der Waals surface area (Å²) in [4.78, 5) is 23.9. The van der Waals surface area contributed by atoms with Crippen LogP contribution < -0.4 is 10.1 Å². The minimum Gasteiger partial charge on any atom is -0.496 e. The number of rotatable bonds is 6. The zero-order valence-corrected chi connectivity index (χ0v) is 17.8. The van der Waals surface area contributed by atoms with Gasteiger partial charge in [-0.15, -0.1) is 0 Å². The fourth-order valence-electron chi connectivity index (χ4n) is 3.09. The molecule has 3 aromatic carbocycles. The van der Waals surface area contributed by atoms with Crippen molar-refractivity contribution >= 4 is 35.1 Å². The van der Waals surface area contributed by atoms with Gasteiger partial charge < -0.3 is 15.2 Å². The molecule has 7 heteroatoms. The molecule has 0 aliphatic heterocycles. The molecule has 0 aliphatic rings. The standard InChI is InChI=1S/C23H19Cl2NO4/c1-13-3-4-15(23(28)29)10-19(13)14-5-8-21(30-2)16(9-14)12-26-22(27)18-7-6-17(24)11-20(18)25/h3-11H,12H2,1-2H3,(H,26,27)(H,28,29). The van der Waals surface area contributed by atoms with E-state index in [0.717, 1.165) is 22.3 Å². The third-order valence-electron chi connectivity index (χ3n) is 4.69. The normalized spacial score (nSPS) is 10.5. The summed E-state index contributed by atoms with van der Waals surface area (Å²) in [6.45, 7) is 2.11. The van der Waals surface area contributed by atoms with Crippen LogP contribution in [0.2, 0.25) is 10.0 Å².